The molecule has 2 amide bonds. The van der Waals surface area contributed by atoms with Gasteiger partial charge >= 0.3 is 6.18 Å². The summed E-state index contributed by atoms with van der Waals surface area (Å²) in [6.07, 6.45) is -3.22. The van der Waals surface area contributed by atoms with Gasteiger partial charge in [0.15, 0.2) is 0 Å². The van der Waals surface area contributed by atoms with Crippen molar-refractivity contribution in [1.29, 1.82) is 0 Å². The van der Waals surface area contributed by atoms with Crippen molar-refractivity contribution < 1.29 is 35.9 Å². The molecule has 0 heterocycles. The lowest BCUT2D eigenvalue weighted by atomic mass is 10.1. The van der Waals surface area contributed by atoms with Crippen LogP contribution in [0, 0.1) is 0 Å². The van der Waals surface area contributed by atoms with Gasteiger partial charge in [-0.1, -0.05) is 37.6 Å². The number of carbonyl (C=O) groups excluding carboxylic acids is 2. The molecule has 2 rings (SSSR count). The smallest absolute Gasteiger partial charge is 0.417 e. The maximum atomic E-state index is 13.7. The summed E-state index contributed by atoms with van der Waals surface area (Å²) in [5.41, 5.74) is -1.02. The molecule has 0 fully saturated rings. The Morgan fingerprint density at radius 3 is 2.31 bits per heavy atom. The van der Waals surface area contributed by atoms with E-state index < -0.39 is 51.2 Å². The van der Waals surface area contributed by atoms with Crippen LogP contribution in [0.5, 0.6) is 5.75 Å². The van der Waals surface area contributed by atoms with Crippen LogP contribution in [0.15, 0.2) is 42.5 Å². The zero-order chi connectivity index (χ0) is 29.5. The Labute approximate surface area is 232 Å². The number of hydrogen-bond donors (Lipinski definition) is 1. The van der Waals surface area contributed by atoms with Crippen molar-refractivity contribution in [3.05, 3.63) is 58.6 Å². The number of carbonyl (C=O) groups is 2. The fourth-order valence-electron chi connectivity index (χ4n) is 3.83. The van der Waals surface area contributed by atoms with E-state index >= 15 is 0 Å². The van der Waals surface area contributed by atoms with Gasteiger partial charge in [-0.3, -0.25) is 13.9 Å². The van der Waals surface area contributed by atoms with E-state index in [1.165, 1.54) is 12.0 Å². The van der Waals surface area contributed by atoms with Crippen LogP contribution in [0.2, 0.25) is 5.02 Å². The lowest BCUT2D eigenvalue weighted by Crippen LogP contribution is -2.53. The van der Waals surface area contributed by atoms with E-state index in [9.17, 15) is 31.2 Å². The fourth-order valence-corrected chi connectivity index (χ4v) is 4.89. The normalized spacial score (nSPS) is 13.4. The zero-order valence-corrected chi connectivity index (χ0v) is 24.0. The molecule has 1 N–H and O–H groups in total. The molecular weight excluding hydrogens is 559 g/mol. The van der Waals surface area contributed by atoms with Crippen LogP contribution in [-0.4, -0.2) is 57.1 Å². The van der Waals surface area contributed by atoms with E-state index in [-0.39, 0.29) is 24.7 Å². The van der Waals surface area contributed by atoms with Crippen molar-refractivity contribution in [2.24, 2.45) is 0 Å². The first-order chi connectivity index (χ1) is 18.1. The molecule has 0 aliphatic carbocycles. The maximum Gasteiger partial charge on any atom is 0.417 e. The molecule has 0 saturated carbocycles. The van der Waals surface area contributed by atoms with Gasteiger partial charge in [0, 0.05) is 12.6 Å². The molecule has 0 aliphatic rings. The summed E-state index contributed by atoms with van der Waals surface area (Å²) in [4.78, 5) is 28.1. The number of halogens is 4. The molecule has 0 aliphatic heterocycles. The predicted octanol–water partition coefficient (Wildman–Crippen LogP) is 4.86. The van der Waals surface area contributed by atoms with Gasteiger partial charge in [0.2, 0.25) is 21.8 Å². The third-order valence-corrected chi connectivity index (χ3v) is 7.57. The van der Waals surface area contributed by atoms with Crippen molar-refractivity contribution in [1.82, 2.24) is 10.2 Å². The number of anilines is 1. The highest BCUT2D eigenvalue weighted by Crippen LogP contribution is 2.37. The Bertz CT molecular complexity index is 1270. The Balaban J connectivity index is 2.54. The van der Waals surface area contributed by atoms with E-state index in [1.807, 2.05) is 13.8 Å². The molecule has 2 atom stereocenters. The van der Waals surface area contributed by atoms with Gasteiger partial charge < -0.3 is 15.0 Å². The van der Waals surface area contributed by atoms with E-state index in [4.69, 9.17) is 16.3 Å². The van der Waals surface area contributed by atoms with Crippen LogP contribution in [0.25, 0.3) is 0 Å². The van der Waals surface area contributed by atoms with Gasteiger partial charge in [-0.05, 0) is 55.7 Å². The number of nitrogens with one attached hydrogen (secondary N) is 1. The molecule has 8 nitrogen and oxygen atoms in total. The fraction of sp³-hybridized carbons (Fsp3) is 0.462. The van der Waals surface area contributed by atoms with Crippen LogP contribution >= 0.6 is 11.6 Å². The predicted molar refractivity (Wildman–Crippen MR) is 144 cm³/mol. The number of amides is 2. The Kier molecular flexibility index (Phi) is 11.1. The average Bonchev–Trinajstić information content (AvgIpc) is 2.86. The highest BCUT2D eigenvalue weighted by atomic mass is 35.5. The number of methoxy groups -OCH3 is 1. The molecular formula is C26H33ClF3N3O5S. The van der Waals surface area contributed by atoms with Crippen LogP contribution < -0.4 is 14.4 Å². The number of ether oxygens (including phenoxy) is 1. The Morgan fingerprint density at radius 1 is 1.10 bits per heavy atom. The second-order valence-corrected chi connectivity index (χ2v) is 11.4. The van der Waals surface area contributed by atoms with Gasteiger partial charge in [-0.15, -0.1) is 0 Å². The summed E-state index contributed by atoms with van der Waals surface area (Å²) in [6, 6.07) is 8.22. The van der Waals surface area contributed by atoms with Crippen molar-refractivity contribution in [2.45, 2.75) is 58.4 Å². The molecule has 0 saturated heterocycles. The standard InChI is InChI=1S/C26H33ClF3N3O5S/c1-6-17(3)31-25(35)23(7-2)32(15-18-9-8-10-20(13-18)38-4)24(34)16-33(39(5,36)37)19-11-12-22(27)21(14-19)26(28,29)30/h8-14,17,23H,6-7,15-16H2,1-5H3,(H,31,35)/t17-,23+/m1/s1. The summed E-state index contributed by atoms with van der Waals surface area (Å²) in [5.74, 6) is -0.701. The topological polar surface area (TPSA) is 96.0 Å². The molecule has 13 heteroatoms. The van der Waals surface area contributed by atoms with E-state index in [0.29, 0.717) is 28.1 Å². The minimum absolute atomic E-state index is 0.0749. The van der Waals surface area contributed by atoms with Gasteiger partial charge in [0.1, 0.15) is 18.3 Å². The quantitative estimate of drug-likeness (QED) is 0.380. The first-order valence-electron chi connectivity index (χ1n) is 12.2. The van der Waals surface area contributed by atoms with Crippen molar-refractivity contribution >= 4 is 39.1 Å². The van der Waals surface area contributed by atoms with Gasteiger partial charge in [-0.2, -0.15) is 13.2 Å². The van der Waals surface area contributed by atoms with E-state index in [1.54, 1.807) is 31.2 Å². The average molecular weight is 592 g/mol. The van der Waals surface area contributed by atoms with E-state index in [2.05, 4.69) is 5.32 Å². The number of nitrogens with zero attached hydrogens (tertiary/aromatic N) is 2. The molecule has 0 radical (unpaired) electrons. The second-order valence-electron chi connectivity index (χ2n) is 9.05. The molecule has 39 heavy (non-hydrogen) atoms. The van der Waals surface area contributed by atoms with Crippen molar-refractivity contribution in [2.75, 3.05) is 24.2 Å². The van der Waals surface area contributed by atoms with Crippen molar-refractivity contribution in [3.8, 4) is 5.75 Å². The van der Waals surface area contributed by atoms with Crippen LogP contribution in [0.1, 0.15) is 44.7 Å². The first kappa shape index (κ1) is 32.2. The number of hydrogen-bond acceptors (Lipinski definition) is 5. The van der Waals surface area contributed by atoms with E-state index in [0.717, 1.165) is 18.4 Å². The maximum absolute atomic E-state index is 13.7. The molecule has 0 aromatic heterocycles. The van der Waals surface area contributed by atoms with Crippen molar-refractivity contribution in [3.63, 3.8) is 0 Å². The number of benzene rings is 2. The van der Waals surface area contributed by atoms with Gasteiger partial charge in [0.05, 0.1) is 29.6 Å². The number of sulfonamides is 1. The molecule has 2 aromatic rings. The molecule has 0 spiro atoms. The highest BCUT2D eigenvalue weighted by molar-refractivity contribution is 7.92. The zero-order valence-electron chi connectivity index (χ0n) is 22.4. The third-order valence-electron chi connectivity index (χ3n) is 6.10. The summed E-state index contributed by atoms with van der Waals surface area (Å²) < 4.78 is 71.6. The summed E-state index contributed by atoms with van der Waals surface area (Å²) in [6.45, 7) is 4.48. The molecule has 0 unspecified atom stereocenters. The third kappa shape index (κ3) is 8.76. The molecule has 216 valence electrons. The summed E-state index contributed by atoms with van der Waals surface area (Å²) in [7, 11) is -2.75. The Hall–Kier alpha value is -2.99. The molecule has 2 aromatic carbocycles. The summed E-state index contributed by atoms with van der Waals surface area (Å²) >= 11 is 5.70. The van der Waals surface area contributed by atoms with Crippen LogP contribution in [0.4, 0.5) is 18.9 Å². The number of rotatable bonds is 12. The van der Waals surface area contributed by atoms with Crippen LogP contribution in [0.3, 0.4) is 0 Å². The number of alkyl halides is 3. The summed E-state index contributed by atoms with van der Waals surface area (Å²) in [5, 5.41) is 2.23. The van der Waals surface area contributed by atoms with Gasteiger partial charge in [-0.25, -0.2) is 8.42 Å². The second kappa shape index (κ2) is 13.4. The SMILES string of the molecule is CC[C@@H](C)NC(=O)[C@H](CC)N(Cc1cccc(OC)c1)C(=O)CN(c1ccc(Cl)c(C(F)(F)F)c1)S(C)(=O)=O. The lowest BCUT2D eigenvalue weighted by molar-refractivity contribution is -0.140. The monoisotopic (exact) mass is 591 g/mol. The Morgan fingerprint density at radius 2 is 1.77 bits per heavy atom. The largest absolute Gasteiger partial charge is 0.497 e. The highest BCUT2D eigenvalue weighted by Gasteiger charge is 2.36. The minimum Gasteiger partial charge on any atom is -0.497 e. The molecule has 0 bridgehead atoms. The van der Waals surface area contributed by atoms with Crippen LogP contribution in [-0.2, 0) is 32.3 Å². The van der Waals surface area contributed by atoms with Gasteiger partial charge in [0.25, 0.3) is 0 Å². The first-order valence-corrected chi connectivity index (χ1v) is 14.4. The minimum atomic E-state index is -4.85. The lowest BCUT2D eigenvalue weighted by Gasteiger charge is -2.33.